The predicted molar refractivity (Wildman–Crippen MR) is 137 cm³/mol. The molecule has 1 amide bonds. The Morgan fingerprint density at radius 1 is 1.24 bits per heavy atom. The van der Waals surface area contributed by atoms with Crippen LogP contribution in [-0.4, -0.2) is 55.8 Å². The van der Waals surface area contributed by atoms with Gasteiger partial charge in [-0.15, -0.1) is 11.8 Å². The zero-order valence-corrected chi connectivity index (χ0v) is 21.8. The molecule has 34 heavy (non-hydrogen) atoms. The number of aromatic nitrogens is 1. The van der Waals surface area contributed by atoms with E-state index in [1.165, 1.54) is 15.6 Å². The third-order valence-electron chi connectivity index (χ3n) is 5.87. The Hall–Kier alpha value is -1.98. The smallest absolute Gasteiger partial charge is 0.252 e. The summed E-state index contributed by atoms with van der Waals surface area (Å²) >= 11 is 3.15. The number of hydrogen-bond acceptors (Lipinski definition) is 6. The van der Waals surface area contributed by atoms with Gasteiger partial charge in [0.1, 0.15) is 0 Å². The molecule has 1 fully saturated rings. The summed E-state index contributed by atoms with van der Waals surface area (Å²) in [5, 5.41) is 0. The summed E-state index contributed by atoms with van der Waals surface area (Å²) in [5.41, 5.74) is 1.02. The van der Waals surface area contributed by atoms with Gasteiger partial charge in [0, 0.05) is 31.1 Å². The van der Waals surface area contributed by atoms with Crippen molar-refractivity contribution in [3.8, 4) is 0 Å². The molecule has 2 heterocycles. The zero-order valence-electron chi connectivity index (χ0n) is 19.3. The van der Waals surface area contributed by atoms with Gasteiger partial charge in [-0.2, -0.15) is 9.30 Å². The molecule has 1 unspecified atom stereocenters. The molecule has 0 saturated carbocycles. The second-order valence-electron chi connectivity index (χ2n) is 8.03. The van der Waals surface area contributed by atoms with E-state index < -0.39 is 15.9 Å². The Balaban J connectivity index is 1.62. The molecule has 4 rings (SSSR count). The molecular weight excluding hydrogens is 490 g/mol. The van der Waals surface area contributed by atoms with E-state index in [1.54, 1.807) is 42.1 Å². The van der Waals surface area contributed by atoms with Crippen LogP contribution in [0.5, 0.6) is 0 Å². The van der Waals surface area contributed by atoms with Crippen molar-refractivity contribution < 1.29 is 17.9 Å². The summed E-state index contributed by atoms with van der Waals surface area (Å²) in [6, 6.07) is 14.6. The van der Waals surface area contributed by atoms with E-state index in [1.807, 2.05) is 17.7 Å². The fraction of sp³-hybridized carbons (Fsp3) is 0.417. The van der Waals surface area contributed by atoms with Gasteiger partial charge in [0.15, 0.2) is 4.80 Å². The van der Waals surface area contributed by atoms with Crippen LogP contribution in [0.3, 0.4) is 0 Å². The summed E-state index contributed by atoms with van der Waals surface area (Å²) in [6.45, 7) is 4.26. The maximum atomic E-state index is 13.2. The molecule has 1 aliphatic rings. The molecule has 182 valence electrons. The lowest BCUT2D eigenvalue weighted by atomic mass is 9.99. The number of piperidine rings is 1. The fourth-order valence-electron chi connectivity index (χ4n) is 4.07. The van der Waals surface area contributed by atoms with Gasteiger partial charge < -0.3 is 9.30 Å². The van der Waals surface area contributed by atoms with Crippen LogP contribution in [0.2, 0.25) is 0 Å². The van der Waals surface area contributed by atoms with Crippen LogP contribution in [0, 0.1) is 5.92 Å². The number of fused-ring (bicyclic) bond motifs is 1. The molecule has 1 atom stereocenters. The number of amides is 1. The lowest BCUT2D eigenvalue weighted by Gasteiger charge is -2.30. The molecular formula is C24H29N3O4S3. The first-order valence-electron chi connectivity index (χ1n) is 11.3. The van der Waals surface area contributed by atoms with Crippen molar-refractivity contribution in [1.82, 2.24) is 8.87 Å². The van der Waals surface area contributed by atoms with Gasteiger partial charge in [-0.25, -0.2) is 8.42 Å². The lowest BCUT2D eigenvalue weighted by Crippen LogP contribution is -2.42. The van der Waals surface area contributed by atoms with Crippen molar-refractivity contribution in [1.29, 1.82) is 0 Å². The summed E-state index contributed by atoms with van der Waals surface area (Å²) in [4.78, 5) is 19.8. The minimum absolute atomic E-state index is 0.153. The highest BCUT2D eigenvalue weighted by atomic mass is 32.2. The molecule has 3 aromatic rings. The molecule has 0 bridgehead atoms. The molecule has 10 heteroatoms. The molecule has 0 spiro atoms. The number of thioether (sulfide) groups is 1. The Kier molecular flexibility index (Phi) is 8.26. The van der Waals surface area contributed by atoms with Gasteiger partial charge in [-0.05, 0) is 56.4 Å². The predicted octanol–water partition coefficient (Wildman–Crippen LogP) is 3.99. The highest BCUT2D eigenvalue weighted by Gasteiger charge is 2.33. The van der Waals surface area contributed by atoms with Crippen molar-refractivity contribution in [3.63, 3.8) is 0 Å². The van der Waals surface area contributed by atoms with E-state index in [9.17, 15) is 13.2 Å². The van der Waals surface area contributed by atoms with Gasteiger partial charge in [-0.1, -0.05) is 29.5 Å². The number of carbonyl (C=O) groups is 1. The van der Waals surface area contributed by atoms with Crippen LogP contribution in [0.1, 0.15) is 19.8 Å². The zero-order chi connectivity index (χ0) is 24.1. The van der Waals surface area contributed by atoms with E-state index in [-0.39, 0.29) is 17.3 Å². The minimum Gasteiger partial charge on any atom is -0.380 e. The Morgan fingerprint density at radius 3 is 2.76 bits per heavy atom. The number of benzene rings is 2. The summed E-state index contributed by atoms with van der Waals surface area (Å²) < 4.78 is 36.2. The fourth-order valence-corrected chi connectivity index (χ4v) is 7.23. The molecule has 0 aliphatic carbocycles. The monoisotopic (exact) mass is 519 g/mol. The highest BCUT2D eigenvalue weighted by Crippen LogP contribution is 2.26. The van der Waals surface area contributed by atoms with E-state index in [0.29, 0.717) is 43.9 Å². The Morgan fingerprint density at radius 2 is 2.03 bits per heavy atom. The topological polar surface area (TPSA) is 81.0 Å². The summed E-state index contributed by atoms with van der Waals surface area (Å²) in [5.74, 6) is -0.727. The summed E-state index contributed by atoms with van der Waals surface area (Å²) in [6.07, 6.45) is 3.29. The number of carbonyl (C=O) groups excluding carboxylic acids is 1. The first kappa shape index (κ1) is 25.1. The largest absolute Gasteiger partial charge is 0.380 e. The van der Waals surface area contributed by atoms with Crippen LogP contribution < -0.4 is 4.80 Å². The van der Waals surface area contributed by atoms with E-state index >= 15 is 0 Å². The van der Waals surface area contributed by atoms with Crippen molar-refractivity contribution in [2.45, 2.75) is 36.1 Å². The standard InChI is InChI=1S/C24H29N3O4S3/c1-3-31-15-14-27-21-12-11-19(32-2)16-22(21)33-24(27)25-23(28)18-8-7-13-26(17-18)34(29,30)20-9-5-4-6-10-20/h4-6,9-12,16,18H,3,7-8,13-15,17H2,1-2H3. The molecule has 1 saturated heterocycles. The van der Waals surface area contributed by atoms with Crippen LogP contribution in [0.25, 0.3) is 10.2 Å². The van der Waals surface area contributed by atoms with Crippen molar-refractivity contribution >= 4 is 49.2 Å². The Labute approximate surface area is 208 Å². The molecule has 2 aromatic carbocycles. The number of sulfonamides is 1. The third-order valence-corrected chi connectivity index (χ3v) is 9.52. The van der Waals surface area contributed by atoms with E-state index in [4.69, 9.17) is 4.74 Å². The average Bonchev–Trinajstić information content (AvgIpc) is 3.20. The number of rotatable bonds is 8. The van der Waals surface area contributed by atoms with E-state index in [2.05, 4.69) is 23.2 Å². The van der Waals surface area contributed by atoms with Gasteiger partial charge in [0.25, 0.3) is 5.91 Å². The molecule has 7 nitrogen and oxygen atoms in total. The third kappa shape index (κ3) is 5.46. The molecule has 0 N–H and O–H groups in total. The molecule has 1 aromatic heterocycles. The van der Waals surface area contributed by atoms with E-state index in [0.717, 1.165) is 15.1 Å². The first-order valence-corrected chi connectivity index (χ1v) is 14.8. The highest BCUT2D eigenvalue weighted by molar-refractivity contribution is 7.98. The van der Waals surface area contributed by atoms with Gasteiger partial charge in [0.2, 0.25) is 10.0 Å². The van der Waals surface area contributed by atoms with Gasteiger partial charge in [0.05, 0.1) is 27.6 Å². The molecule has 0 radical (unpaired) electrons. The number of thiazole rings is 1. The van der Waals surface area contributed by atoms with Crippen LogP contribution in [0.15, 0.2) is 63.3 Å². The Bertz CT molecular complexity index is 1320. The van der Waals surface area contributed by atoms with Crippen LogP contribution in [0.4, 0.5) is 0 Å². The second-order valence-corrected chi connectivity index (χ2v) is 11.9. The van der Waals surface area contributed by atoms with Gasteiger partial charge >= 0.3 is 0 Å². The van der Waals surface area contributed by atoms with Crippen LogP contribution >= 0.6 is 23.1 Å². The van der Waals surface area contributed by atoms with Crippen molar-refractivity contribution in [2.24, 2.45) is 10.9 Å². The number of ether oxygens (including phenoxy) is 1. The number of hydrogen-bond donors (Lipinski definition) is 0. The lowest BCUT2D eigenvalue weighted by molar-refractivity contribution is -0.122. The van der Waals surface area contributed by atoms with Crippen LogP contribution in [-0.2, 0) is 26.1 Å². The average molecular weight is 520 g/mol. The second kappa shape index (κ2) is 11.2. The maximum absolute atomic E-state index is 13.2. The molecule has 1 aliphatic heterocycles. The van der Waals surface area contributed by atoms with Crippen molar-refractivity contribution in [3.05, 3.63) is 53.3 Å². The maximum Gasteiger partial charge on any atom is 0.252 e. The summed E-state index contributed by atoms with van der Waals surface area (Å²) in [7, 11) is -3.63. The number of nitrogens with zero attached hydrogens (tertiary/aromatic N) is 3. The normalized spacial score (nSPS) is 17.9. The quantitative estimate of drug-likeness (QED) is 0.332. The van der Waals surface area contributed by atoms with Crippen molar-refractivity contribution in [2.75, 3.05) is 32.6 Å². The first-order chi connectivity index (χ1) is 16.4. The SMILES string of the molecule is CCOCCn1c(=NC(=O)C2CCCN(S(=O)(=O)c3ccccc3)C2)sc2cc(SC)ccc21. The van der Waals surface area contributed by atoms with Gasteiger partial charge in [-0.3, -0.25) is 4.79 Å². The minimum atomic E-state index is -3.63.